The Labute approximate surface area is 134 Å². The fourth-order valence-corrected chi connectivity index (χ4v) is 2.24. The normalized spacial score (nSPS) is 10.5. The molecule has 2 rings (SSSR count). The topological polar surface area (TPSA) is 84.9 Å². The van der Waals surface area contributed by atoms with Crippen molar-refractivity contribution < 1.29 is 24.2 Å². The molecule has 23 heavy (non-hydrogen) atoms. The third-order valence-corrected chi connectivity index (χ3v) is 3.26. The van der Waals surface area contributed by atoms with E-state index in [2.05, 4.69) is 5.32 Å². The van der Waals surface area contributed by atoms with E-state index in [1.807, 2.05) is 24.3 Å². The van der Waals surface area contributed by atoms with Gasteiger partial charge >= 0.3 is 5.97 Å². The van der Waals surface area contributed by atoms with Crippen LogP contribution in [0.2, 0.25) is 0 Å². The number of fused-ring (bicyclic) bond motifs is 1. The van der Waals surface area contributed by atoms with E-state index in [0.717, 1.165) is 10.8 Å². The Bertz CT molecular complexity index is 698. The highest BCUT2D eigenvalue weighted by Gasteiger charge is 2.10. The first-order valence-corrected chi connectivity index (χ1v) is 7.27. The van der Waals surface area contributed by atoms with E-state index in [-0.39, 0.29) is 5.91 Å². The van der Waals surface area contributed by atoms with Crippen LogP contribution < -0.4 is 10.1 Å². The van der Waals surface area contributed by atoms with Gasteiger partial charge in [-0.15, -0.1) is 0 Å². The molecule has 0 unspecified atom stereocenters. The zero-order chi connectivity index (χ0) is 16.7. The zero-order valence-electron chi connectivity index (χ0n) is 12.9. The number of nitrogens with one attached hydrogen (secondary N) is 1. The van der Waals surface area contributed by atoms with Crippen molar-refractivity contribution in [2.45, 2.75) is 12.8 Å². The molecular weight excluding hydrogens is 298 g/mol. The minimum atomic E-state index is -1.04. The quantitative estimate of drug-likeness (QED) is 0.731. The summed E-state index contributed by atoms with van der Waals surface area (Å²) in [6.45, 7) is 0.128. The Morgan fingerprint density at radius 3 is 2.57 bits per heavy atom. The molecule has 0 aliphatic heterocycles. The predicted octanol–water partition coefficient (Wildman–Crippen LogP) is 2.67. The van der Waals surface area contributed by atoms with Crippen LogP contribution >= 0.6 is 0 Å². The fraction of sp³-hybridized carbons (Fsp3) is 0.294. The molecule has 0 spiro atoms. The zero-order valence-corrected chi connectivity index (χ0v) is 12.9. The van der Waals surface area contributed by atoms with Crippen LogP contribution in [0.3, 0.4) is 0 Å². The smallest absolute Gasteiger partial charge is 0.341 e. The molecule has 0 aliphatic rings. The average molecular weight is 317 g/mol. The number of anilines is 1. The van der Waals surface area contributed by atoms with Crippen molar-refractivity contribution >= 4 is 28.3 Å². The van der Waals surface area contributed by atoms with Crippen LogP contribution in [0.5, 0.6) is 5.75 Å². The lowest BCUT2D eigenvalue weighted by molar-refractivity contribution is -0.139. The van der Waals surface area contributed by atoms with E-state index < -0.39 is 12.6 Å². The van der Waals surface area contributed by atoms with E-state index in [4.69, 9.17) is 14.6 Å². The van der Waals surface area contributed by atoms with Crippen LogP contribution in [-0.2, 0) is 14.3 Å². The number of aliphatic carboxylic acids is 1. The van der Waals surface area contributed by atoms with Crippen molar-refractivity contribution in [3.63, 3.8) is 0 Å². The van der Waals surface area contributed by atoms with Gasteiger partial charge in [0.1, 0.15) is 5.75 Å². The number of carbonyl (C=O) groups is 2. The second-order valence-corrected chi connectivity index (χ2v) is 4.98. The highest BCUT2D eigenvalue weighted by Crippen LogP contribution is 2.31. The molecule has 0 atom stereocenters. The molecule has 0 aromatic heterocycles. The van der Waals surface area contributed by atoms with Crippen molar-refractivity contribution in [3.8, 4) is 5.75 Å². The Kier molecular flexibility index (Phi) is 5.94. The number of benzene rings is 2. The molecule has 6 nitrogen and oxygen atoms in total. The minimum absolute atomic E-state index is 0.0913. The van der Waals surface area contributed by atoms with Gasteiger partial charge in [-0.25, -0.2) is 4.79 Å². The van der Waals surface area contributed by atoms with Gasteiger partial charge in [-0.1, -0.05) is 24.3 Å². The van der Waals surface area contributed by atoms with Crippen LogP contribution in [0.15, 0.2) is 36.4 Å². The number of carboxylic acid groups (broad SMARTS) is 1. The summed E-state index contributed by atoms with van der Waals surface area (Å²) in [5, 5.41) is 13.2. The molecule has 0 heterocycles. The number of rotatable bonds is 8. The monoisotopic (exact) mass is 317 g/mol. The first-order chi connectivity index (χ1) is 11.1. The van der Waals surface area contributed by atoms with E-state index in [0.29, 0.717) is 30.9 Å². The standard InChI is InChI=1S/C17H19NO5/c1-22-10-4-7-16(19)18-14-8-9-15(23-11-17(20)21)13-6-3-2-5-12(13)14/h2-3,5-6,8-9H,4,7,10-11H2,1H3,(H,18,19)(H,20,21). The molecular formula is C17H19NO5. The summed E-state index contributed by atoms with van der Waals surface area (Å²) in [5.74, 6) is -0.656. The molecule has 2 aromatic rings. The van der Waals surface area contributed by atoms with Crippen molar-refractivity contribution in [3.05, 3.63) is 36.4 Å². The predicted molar refractivity (Wildman–Crippen MR) is 86.8 cm³/mol. The number of carbonyl (C=O) groups excluding carboxylic acids is 1. The van der Waals surface area contributed by atoms with Crippen LogP contribution in [-0.4, -0.2) is 37.3 Å². The molecule has 2 aromatic carbocycles. The lowest BCUT2D eigenvalue weighted by atomic mass is 10.1. The largest absolute Gasteiger partial charge is 0.481 e. The molecule has 0 saturated heterocycles. The van der Waals surface area contributed by atoms with Crippen molar-refractivity contribution in [2.24, 2.45) is 0 Å². The Hall–Kier alpha value is -2.60. The molecule has 0 fully saturated rings. The Balaban J connectivity index is 2.20. The van der Waals surface area contributed by atoms with E-state index in [1.54, 1.807) is 19.2 Å². The van der Waals surface area contributed by atoms with Crippen LogP contribution in [0.25, 0.3) is 10.8 Å². The number of ether oxygens (including phenoxy) is 2. The summed E-state index contributed by atoms with van der Waals surface area (Å²) in [5.41, 5.74) is 0.672. The molecule has 122 valence electrons. The third kappa shape index (κ3) is 4.69. The highest BCUT2D eigenvalue weighted by atomic mass is 16.5. The summed E-state index contributed by atoms with van der Waals surface area (Å²) in [6.07, 6.45) is 1.03. The van der Waals surface area contributed by atoms with E-state index >= 15 is 0 Å². The molecule has 2 N–H and O–H groups in total. The number of hydrogen-bond donors (Lipinski definition) is 2. The Morgan fingerprint density at radius 2 is 1.87 bits per heavy atom. The summed E-state index contributed by atoms with van der Waals surface area (Å²) in [6, 6.07) is 10.7. The third-order valence-electron chi connectivity index (χ3n) is 3.26. The molecule has 6 heteroatoms. The summed E-state index contributed by atoms with van der Waals surface area (Å²) < 4.78 is 10.2. The van der Waals surface area contributed by atoms with Gasteiger partial charge in [0.05, 0.1) is 0 Å². The van der Waals surface area contributed by atoms with Crippen LogP contribution in [0.4, 0.5) is 5.69 Å². The molecule has 0 aliphatic carbocycles. The van der Waals surface area contributed by atoms with Gasteiger partial charge in [0.25, 0.3) is 0 Å². The number of amides is 1. The minimum Gasteiger partial charge on any atom is -0.481 e. The van der Waals surface area contributed by atoms with Gasteiger partial charge in [0, 0.05) is 36.6 Å². The molecule has 1 amide bonds. The Morgan fingerprint density at radius 1 is 1.13 bits per heavy atom. The van der Waals surface area contributed by atoms with E-state index in [1.165, 1.54) is 0 Å². The SMILES string of the molecule is COCCCC(=O)Nc1ccc(OCC(=O)O)c2ccccc12. The van der Waals surface area contributed by atoms with Crippen molar-refractivity contribution in [2.75, 3.05) is 25.6 Å². The van der Waals surface area contributed by atoms with Gasteiger partial charge in [-0.2, -0.15) is 0 Å². The van der Waals surface area contributed by atoms with Gasteiger partial charge < -0.3 is 19.9 Å². The van der Waals surface area contributed by atoms with Crippen molar-refractivity contribution in [1.82, 2.24) is 0 Å². The maximum atomic E-state index is 12.0. The van der Waals surface area contributed by atoms with Gasteiger partial charge in [0.2, 0.25) is 5.91 Å². The second-order valence-electron chi connectivity index (χ2n) is 4.98. The molecule has 0 radical (unpaired) electrons. The highest BCUT2D eigenvalue weighted by molar-refractivity contribution is 6.04. The first kappa shape index (κ1) is 16.8. The lowest BCUT2D eigenvalue weighted by Gasteiger charge is -2.12. The van der Waals surface area contributed by atoms with Crippen LogP contribution in [0.1, 0.15) is 12.8 Å². The second kappa shape index (κ2) is 8.14. The first-order valence-electron chi connectivity index (χ1n) is 7.27. The maximum absolute atomic E-state index is 12.0. The summed E-state index contributed by atoms with van der Waals surface area (Å²) in [4.78, 5) is 22.6. The number of carboxylic acids is 1. The van der Waals surface area contributed by atoms with E-state index in [9.17, 15) is 9.59 Å². The van der Waals surface area contributed by atoms with Crippen LogP contribution in [0, 0.1) is 0 Å². The lowest BCUT2D eigenvalue weighted by Crippen LogP contribution is -2.13. The maximum Gasteiger partial charge on any atom is 0.341 e. The molecule has 0 bridgehead atoms. The number of hydrogen-bond acceptors (Lipinski definition) is 4. The average Bonchev–Trinajstić information content (AvgIpc) is 2.54. The van der Waals surface area contributed by atoms with Gasteiger partial charge in [-0.05, 0) is 18.6 Å². The fourth-order valence-electron chi connectivity index (χ4n) is 2.24. The summed E-state index contributed by atoms with van der Waals surface area (Å²) in [7, 11) is 1.60. The van der Waals surface area contributed by atoms with Crippen molar-refractivity contribution in [1.29, 1.82) is 0 Å². The van der Waals surface area contributed by atoms with Gasteiger partial charge in [0.15, 0.2) is 6.61 Å². The number of methoxy groups -OCH3 is 1. The molecule has 0 saturated carbocycles. The summed E-state index contributed by atoms with van der Waals surface area (Å²) >= 11 is 0. The van der Waals surface area contributed by atoms with Gasteiger partial charge in [-0.3, -0.25) is 4.79 Å².